The Kier molecular flexibility index (Phi) is 8.84. The van der Waals surface area contributed by atoms with Crippen LogP contribution >= 0.6 is 0 Å². The van der Waals surface area contributed by atoms with Gasteiger partial charge in [-0.25, -0.2) is 4.98 Å². The van der Waals surface area contributed by atoms with Gasteiger partial charge in [0.25, 0.3) is 11.7 Å². The van der Waals surface area contributed by atoms with Crippen LogP contribution in [-0.2, 0) is 9.59 Å². The maximum atomic E-state index is 13.5. The Hall–Kier alpha value is -3.65. The number of aryl methyl sites for hydroxylation is 1. The monoisotopic (exact) mass is 518 g/mol. The van der Waals surface area contributed by atoms with E-state index in [1.54, 1.807) is 22.4 Å². The van der Waals surface area contributed by atoms with E-state index in [0.717, 1.165) is 43.7 Å². The number of hydrogen-bond acceptors (Lipinski definition) is 6. The van der Waals surface area contributed by atoms with Crippen LogP contribution in [0.5, 0.6) is 5.75 Å². The highest BCUT2D eigenvalue weighted by Crippen LogP contribution is 2.40. The third-order valence-corrected chi connectivity index (χ3v) is 7.23. The second kappa shape index (κ2) is 12.3. The molecule has 1 aliphatic heterocycles. The molecule has 4 rings (SSSR count). The fourth-order valence-electron chi connectivity index (χ4n) is 5.06. The van der Waals surface area contributed by atoms with Crippen molar-refractivity contribution in [1.29, 1.82) is 0 Å². The molecule has 3 heterocycles. The van der Waals surface area contributed by atoms with Crippen molar-refractivity contribution in [2.75, 3.05) is 32.8 Å². The molecule has 1 fully saturated rings. The predicted molar refractivity (Wildman–Crippen MR) is 148 cm³/mol. The third kappa shape index (κ3) is 5.45. The fourth-order valence-corrected chi connectivity index (χ4v) is 5.06. The van der Waals surface area contributed by atoms with Crippen molar-refractivity contribution in [1.82, 2.24) is 19.2 Å². The Balaban J connectivity index is 1.76. The first-order valence-corrected chi connectivity index (χ1v) is 13.6. The smallest absolute Gasteiger partial charge is 0.295 e. The van der Waals surface area contributed by atoms with Gasteiger partial charge in [0.1, 0.15) is 17.1 Å². The number of aromatic nitrogens is 2. The molecular formula is C30H38N4O4. The summed E-state index contributed by atoms with van der Waals surface area (Å²) in [5.41, 5.74) is 2.49. The Morgan fingerprint density at radius 2 is 1.79 bits per heavy atom. The number of amides is 1. The van der Waals surface area contributed by atoms with E-state index >= 15 is 0 Å². The van der Waals surface area contributed by atoms with Crippen LogP contribution in [-0.4, -0.2) is 68.8 Å². The van der Waals surface area contributed by atoms with Gasteiger partial charge in [-0.2, -0.15) is 0 Å². The van der Waals surface area contributed by atoms with E-state index < -0.39 is 17.7 Å². The van der Waals surface area contributed by atoms with Crippen molar-refractivity contribution in [3.05, 3.63) is 71.2 Å². The lowest BCUT2D eigenvalue weighted by Gasteiger charge is -2.28. The number of imidazole rings is 1. The minimum atomic E-state index is -0.714. The number of nitrogens with zero attached hydrogens (tertiary/aromatic N) is 4. The molecule has 0 radical (unpaired) electrons. The molecule has 1 unspecified atom stereocenters. The van der Waals surface area contributed by atoms with Gasteiger partial charge in [-0.1, -0.05) is 51.8 Å². The number of unbranched alkanes of at least 4 members (excludes halogenated alkanes) is 2. The van der Waals surface area contributed by atoms with Gasteiger partial charge in [-0.3, -0.25) is 14.0 Å². The van der Waals surface area contributed by atoms with E-state index in [9.17, 15) is 14.7 Å². The van der Waals surface area contributed by atoms with Crippen molar-refractivity contribution < 1.29 is 19.4 Å². The Morgan fingerprint density at radius 1 is 1.05 bits per heavy atom. The number of benzene rings is 1. The second-order valence-electron chi connectivity index (χ2n) is 9.62. The van der Waals surface area contributed by atoms with Crippen molar-refractivity contribution >= 4 is 23.1 Å². The summed E-state index contributed by atoms with van der Waals surface area (Å²) in [4.78, 5) is 35.1. The molecule has 1 aliphatic rings. The van der Waals surface area contributed by atoms with Crippen LogP contribution in [0, 0.1) is 6.92 Å². The number of aliphatic hydroxyl groups is 1. The topological polar surface area (TPSA) is 87.4 Å². The highest BCUT2D eigenvalue weighted by atomic mass is 16.5. The predicted octanol–water partition coefficient (Wildman–Crippen LogP) is 4.98. The van der Waals surface area contributed by atoms with E-state index in [0.29, 0.717) is 36.7 Å². The SMILES string of the molecule is CCCCCOc1ccc(C2/C(=C(\O)c3c(C)nc4ccccn34)C(=O)C(=O)N2CCN(CC)CC)cc1. The first kappa shape index (κ1) is 27.4. The van der Waals surface area contributed by atoms with Gasteiger partial charge in [-0.15, -0.1) is 0 Å². The van der Waals surface area contributed by atoms with Gasteiger partial charge in [0, 0.05) is 19.3 Å². The third-order valence-electron chi connectivity index (χ3n) is 7.23. The number of pyridine rings is 1. The second-order valence-corrected chi connectivity index (χ2v) is 9.62. The zero-order valence-electron chi connectivity index (χ0n) is 22.8. The summed E-state index contributed by atoms with van der Waals surface area (Å²) >= 11 is 0. The van der Waals surface area contributed by atoms with Crippen molar-refractivity contribution in [2.24, 2.45) is 0 Å². The number of fused-ring (bicyclic) bond motifs is 1. The Bertz CT molecular complexity index is 1310. The van der Waals surface area contributed by atoms with Gasteiger partial charge < -0.3 is 19.6 Å². The highest BCUT2D eigenvalue weighted by Gasteiger charge is 2.46. The molecule has 38 heavy (non-hydrogen) atoms. The average molecular weight is 519 g/mol. The minimum absolute atomic E-state index is 0.0833. The summed E-state index contributed by atoms with van der Waals surface area (Å²) in [6.07, 6.45) is 5.02. The lowest BCUT2D eigenvalue weighted by atomic mass is 9.96. The minimum Gasteiger partial charge on any atom is -0.505 e. The number of ether oxygens (including phenoxy) is 1. The molecular weight excluding hydrogens is 480 g/mol. The van der Waals surface area contributed by atoms with Crippen LogP contribution in [0.25, 0.3) is 11.4 Å². The maximum absolute atomic E-state index is 13.5. The summed E-state index contributed by atoms with van der Waals surface area (Å²) in [5.74, 6) is -0.760. The number of likely N-dealkylation sites (tertiary alicyclic amines) is 1. The lowest BCUT2D eigenvalue weighted by Crippen LogP contribution is -2.38. The number of rotatable bonds is 12. The molecule has 0 aliphatic carbocycles. The quantitative estimate of drug-likeness (QED) is 0.158. The molecule has 1 aromatic carbocycles. The summed E-state index contributed by atoms with van der Waals surface area (Å²) in [5, 5.41) is 11.6. The van der Waals surface area contributed by atoms with Crippen molar-refractivity contribution in [3.8, 4) is 5.75 Å². The molecule has 0 bridgehead atoms. The summed E-state index contributed by atoms with van der Waals surface area (Å²) in [6, 6.07) is 12.3. The Labute approximate surface area is 224 Å². The lowest BCUT2D eigenvalue weighted by molar-refractivity contribution is -0.140. The van der Waals surface area contributed by atoms with Gasteiger partial charge in [0.15, 0.2) is 5.76 Å². The van der Waals surface area contributed by atoms with Crippen LogP contribution in [0.15, 0.2) is 54.2 Å². The summed E-state index contributed by atoms with van der Waals surface area (Å²) in [6.45, 7) is 11.4. The zero-order valence-corrected chi connectivity index (χ0v) is 22.8. The number of hydrogen-bond donors (Lipinski definition) is 1. The maximum Gasteiger partial charge on any atom is 0.295 e. The summed E-state index contributed by atoms with van der Waals surface area (Å²) < 4.78 is 7.62. The number of carbonyl (C=O) groups excluding carboxylic acids is 2. The van der Waals surface area contributed by atoms with E-state index in [4.69, 9.17) is 4.74 Å². The molecule has 1 amide bonds. The molecule has 0 saturated carbocycles. The molecule has 2 aromatic heterocycles. The molecule has 1 atom stereocenters. The molecule has 3 aromatic rings. The van der Waals surface area contributed by atoms with Crippen LogP contribution in [0.3, 0.4) is 0 Å². The van der Waals surface area contributed by atoms with Crippen molar-refractivity contribution in [2.45, 2.75) is 53.0 Å². The number of carbonyl (C=O) groups is 2. The molecule has 202 valence electrons. The van der Waals surface area contributed by atoms with Gasteiger partial charge in [0.05, 0.1) is 23.9 Å². The van der Waals surface area contributed by atoms with Gasteiger partial charge in [-0.05, 0) is 56.3 Å². The fraction of sp³-hybridized carbons (Fsp3) is 0.433. The molecule has 8 heteroatoms. The van der Waals surface area contributed by atoms with Gasteiger partial charge in [0.2, 0.25) is 0 Å². The van der Waals surface area contributed by atoms with E-state index in [1.807, 2.05) is 42.5 Å². The zero-order chi connectivity index (χ0) is 27.2. The number of Topliss-reactive ketones (excluding diaryl/α,β-unsaturated/α-hetero) is 1. The Morgan fingerprint density at radius 3 is 2.47 bits per heavy atom. The number of likely N-dealkylation sites (N-methyl/N-ethyl adjacent to an activating group) is 1. The number of aliphatic hydroxyl groups excluding tert-OH is 1. The van der Waals surface area contributed by atoms with E-state index in [2.05, 4.69) is 30.7 Å². The molecule has 1 N–H and O–H groups in total. The molecule has 1 saturated heterocycles. The van der Waals surface area contributed by atoms with Crippen LogP contribution in [0.1, 0.15) is 63.0 Å². The highest BCUT2D eigenvalue weighted by molar-refractivity contribution is 6.46. The van der Waals surface area contributed by atoms with Gasteiger partial charge >= 0.3 is 0 Å². The van der Waals surface area contributed by atoms with Crippen molar-refractivity contribution in [3.63, 3.8) is 0 Å². The molecule has 0 spiro atoms. The largest absolute Gasteiger partial charge is 0.505 e. The first-order chi connectivity index (χ1) is 18.4. The van der Waals surface area contributed by atoms with Crippen LogP contribution < -0.4 is 4.74 Å². The van der Waals surface area contributed by atoms with E-state index in [-0.39, 0.29) is 11.3 Å². The van der Waals surface area contributed by atoms with Crippen LogP contribution in [0.2, 0.25) is 0 Å². The standard InChI is InChI=1S/C30H38N4O4/c1-5-8-11-20-38-23-15-13-22(14-16-23)27-25(29(36)30(37)34(27)19-18-32(6-2)7-3)28(35)26-21(4)31-24-12-9-10-17-33(24)26/h9-10,12-17,27,35H,5-8,11,18-20H2,1-4H3/b28-25+. The summed E-state index contributed by atoms with van der Waals surface area (Å²) in [7, 11) is 0. The number of ketones is 1. The normalized spacial score (nSPS) is 17.2. The van der Waals surface area contributed by atoms with Crippen LogP contribution in [0.4, 0.5) is 0 Å². The average Bonchev–Trinajstić information content (AvgIpc) is 3.40. The molecule has 8 nitrogen and oxygen atoms in total. The van der Waals surface area contributed by atoms with E-state index in [1.165, 1.54) is 0 Å². The first-order valence-electron chi connectivity index (χ1n) is 13.6.